The number of nitrogens with zero attached hydrogens (tertiary/aromatic N) is 1. The summed E-state index contributed by atoms with van der Waals surface area (Å²) in [7, 11) is 0. The van der Waals surface area contributed by atoms with E-state index < -0.39 is 0 Å². The average Bonchev–Trinajstić information content (AvgIpc) is 2.97. The van der Waals surface area contributed by atoms with Crippen LogP contribution in [0.4, 0.5) is 5.69 Å². The summed E-state index contributed by atoms with van der Waals surface area (Å²) >= 11 is 1.49. The number of para-hydroxylation sites is 1. The quantitative estimate of drug-likeness (QED) is 0.230. The Morgan fingerprint density at radius 2 is 1.65 bits per heavy atom. The van der Waals surface area contributed by atoms with E-state index >= 15 is 0 Å². The maximum absolute atomic E-state index is 13.7. The van der Waals surface area contributed by atoms with Gasteiger partial charge in [0.1, 0.15) is 0 Å². The highest BCUT2D eigenvalue weighted by Gasteiger charge is 2.29. The molecule has 5 heteroatoms. The number of amides is 2. The van der Waals surface area contributed by atoms with Crippen LogP contribution in [0.2, 0.25) is 0 Å². The average molecular weight is 547 g/mol. The normalized spacial score (nSPS) is 14.6. The van der Waals surface area contributed by atoms with Gasteiger partial charge >= 0.3 is 0 Å². The number of nitrogens with one attached hydrogen (secondary N) is 1. The molecule has 0 spiro atoms. The Balaban J connectivity index is 1.29. The van der Waals surface area contributed by atoms with Gasteiger partial charge in [0, 0.05) is 16.5 Å². The lowest BCUT2D eigenvalue weighted by molar-refractivity contribution is -0.114. The fourth-order valence-corrected chi connectivity index (χ4v) is 5.91. The molecule has 0 aromatic heterocycles. The highest BCUT2D eigenvalue weighted by molar-refractivity contribution is 8.04. The van der Waals surface area contributed by atoms with Crippen molar-refractivity contribution in [3.8, 4) is 0 Å². The van der Waals surface area contributed by atoms with Gasteiger partial charge in [-0.25, -0.2) is 0 Å². The van der Waals surface area contributed by atoms with E-state index in [1.165, 1.54) is 28.5 Å². The second-order valence-corrected chi connectivity index (χ2v) is 11.5. The molecule has 0 aliphatic carbocycles. The van der Waals surface area contributed by atoms with E-state index in [9.17, 15) is 9.59 Å². The van der Waals surface area contributed by atoms with E-state index in [1.807, 2.05) is 78.6 Å². The lowest BCUT2D eigenvalue weighted by atomic mass is 10.0. The number of anilines is 1. The van der Waals surface area contributed by atoms with E-state index in [4.69, 9.17) is 0 Å². The number of hydrogen-bond donors (Lipinski definition) is 1. The van der Waals surface area contributed by atoms with Crippen molar-refractivity contribution < 1.29 is 9.59 Å². The predicted molar refractivity (Wildman–Crippen MR) is 166 cm³/mol. The van der Waals surface area contributed by atoms with Gasteiger partial charge in [-0.05, 0) is 86.2 Å². The third-order valence-corrected chi connectivity index (χ3v) is 8.30. The van der Waals surface area contributed by atoms with Gasteiger partial charge in [0.15, 0.2) is 0 Å². The molecular weight excluding hydrogens is 512 g/mol. The molecule has 0 radical (unpaired) electrons. The first-order chi connectivity index (χ1) is 19.4. The largest absolute Gasteiger partial charge is 0.350 e. The zero-order valence-corrected chi connectivity index (χ0v) is 24.0. The Morgan fingerprint density at radius 1 is 0.925 bits per heavy atom. The topological polar surface area (TPSA) is 49.4 Å². The molecule has 1 heterocycles. The molecule has 202 valence electrons. The van der Waals surface area contributed by atoms with E-state index in [0.29, 0.717) is 17.0 Å². The molecule has 1 aliphatic heterocycles. The number of carbonyl (C=O) groups is 2. The fraction of sp³-hybridized carbons (Fsp3) is 0.200. The summed E-state index contributed by atoms with van der Waals surface area (Å²) in [6.07, 6.45) is 3.71. The summed E-state index contributed by atoms with van der Waals surface area (Å²) in [4.78, 5) is 30.2. The molecule has 5 rings (SSSR count). The first-order valence-corrected chi connectivity index (χ1v) is 14.5. The number of carbonyl (C=O) groups excluding carboxylic acids is 2. The molecule has 1 atom stereocenters. The number of aryl methyl sites for hydroxylation is 3. The molecule has 4 aromatic carbocycles. The fourth-order valence-electron chi connectivity index (χ4n) is 4.85. The Bertz CT molecular complexity index is 1540. The number of fused-ring (bicyclic) bond motifs is 1. The standard InChI is InChI=1S/C35H34N2O2S/c1-24-13-14-25(2)30(21-24)23-37-31-11-7-8-12-32(31)40-33(35(37)39)22-28-17-19-29(20-18-28)34(38)36-26(3)15-16-27-9-5-4-6-10-27/h4-14,17-22,26H,15-16,23H2,1-3H3,(H,36,38)/b33-22-. The second-order valence-electron chi connectivity index (χ2n) is 10.4. The monoisotopic (exact) mass is 546 g/mol. The third kappa shape index (κ3) is 6.54. The minimum Gasteiger partial charge on any atom is -0.350 e. The Hall–Kier alpha value is -4.09. The maximum atomic E-state index is 13.7. The molecule has 40 heavy (non-hydrogen) atoms. The molecule has 0 saturated carbocycles. The highest BCUT2D eigenvalue weighted by Crippen LogP contribution is 2.42. The Kier molecular flexibility index (Phi) is 8.51. The van der Waals surface area contributed by atoms with Crippen molar-refractivity contribution in [3.63, 3.8) is 0 Å². The minimum absolute atomic E-state index is 0.0151. The van der Waals surface area contributed by atoms with Gasteiger partial charge in [0.05, 0.1) is 17.1 Å². The summed E-state index contributed by atoms with van der Waals surface area (Å²) < 4.78 is 0. The number of rotatable bonds is 8. The smallest absolute Gasteiger partial charge is 0.265 e. The van der Waals surface area contributed by atoms with E-state index in [0.717, 1.165) is 34.6 Å². The molecule has 1 aliphatic rings. The number of thioether (sulfide) groups is 1. The lowest BCUT2D eigenvalue weighted by Crippen LogP contribution is -2.34. The van der Waals surface area contributed by atoms with Crippen LogP contribution in [0.1, 0.15) is 51.5 Å². The van der Waals surface area contributed by atoms with Crippen molar-refractivity contribution in [2.75, 3.05) is 4.90 Å². The van der Waals surface area contributed by atoms with Gasteiger partial charge < -0.3 is 10.2 Å². The summed E-state index contributed by atoms with van der Waals surface area (Å²) in [5.41, 5.74) is 7.19. The van der Waals surface area contributed by atoms with Crippen LogP contribution in [-0.4, -0.2) is 17.9 Å². The van der Waals surface area contributed by atoms with Crippen LogP contribution in [0, 0.1) is 13.8 Å². The third-order valence-electron chi connectivity index (χ3n) is 7.22. The van der Waals surface area contributed by atoms with E-state index in [1.54, 1.807) is 0 Å². The number of hydrogen-bond acceptors (Lipinski definition) is 3. The summed E-state index contributed by atoms with van der Waals surface area (Å²) in [6, 6.07) is 32.2. The number of benzene rings is 4. The Labute approximate surface area is 241 Å². The molecule has 4 aromatic rings. The maximum Gasteiger partial charge on any atom is 0.265 e. The molecule has 1 unspecified atom stereocenters. The SMILES string of the molecule is Cc1ccc(C)c(CN2C(=O)/C(=C/c3ccc(C(=O)NC(C)CCc4ccccc4)cc3)Sc3ccccc32)c1. The van der Waals surface area contributed by atoms with Crippen LogP contribution in [0.5, 0.6) is 0 Å². The van der Waals surface area contributed by atoms with Crippen molar-refractivity contribution in [2.24, 2.45) is 0 Å². The second kappa shape index (κ2) is 12.4. The van der Waals surface area contributed by atoms with Gasteiger partial charge in [-0.2, -0.15) is 0 Å². The zero-order valence-electron chi connectivity index (χ0n) is 23.2. The first-order valence-electron chi connectivity index (χ1n) is 13.7. The molecule has 4 nitrogen and oxygen atoms in total. The summed E-state index contributed by atoms with van der Waals surface area (Å²) in [6.45, 7) is 6.71. The minimum atomic E-state index is -0.0866. The molecule has 1 N–H and O–H groups in total. The highest BCUT2D eigenvalue weighted by atomic mass is 32.2. The summed E-state index contributed by atoms with van der Waals surface area (Å²) in [5, 5.41) is 3.10. The van der Waals surface area contributed by atoms with Gasteiger partial charge in [-0.15, -0.1) is 0 Å². The van der Waals surface area contributed by atoms with Crippen LogP contribution in [-0.2, 0) is 17.8 Å². The van der Waals surface area contributed by atoms with Gasteiger partial charge in [0.2, 0.25) is 0 Å². The van der Waals surface area contributed by atoms with Gasteiger partial charge in [-0.1, -0.05) is 90.1 Å². The van der Waals surface area contributed by atoms with E-state index in [2.05, 4.69) is 55.6 Å². The van der Waals surface area contributed by atoms with Crippen LogP contribution in [0.3, 0.4) is 0 Å². The van der Waals surface area contributed by atoms with E-state index in [-0.39, 0.29) is 17.9 Å². The van der Waals surface area contributed by atoms with Crippen LogP contribution >= 0.6 is 11.8 Å². The van der Waals surface area contributed by atoms with Crippen LogP contribution < -0.4 is 10.2 Å². The van der Waals surface area contributed by atoms with Crippen molar-refractivity contribution in [1.29, 1.82) is 0 Å². The van der Waals surface area contributed by atoms with Crippen molar-refractivity contribution >= 4 is 35.3 Å². The molecule has 0 saturated heterocycles. The molecule has 0 fully saturated rings. The molecule has 0 bridgehead atoms. The van der Waals surface area contributed by atoms with Crippen molar-refractivity contribution in [2.45, 2.75) is 51.1 Å². The van der Waals surface area contributed by atoms with Crippen molar-refractivity contribution in [1.82, 2.24) is 5.32 Å². The van der Waals surface area contributed by atoms with Crippen LogP contribution in [0.15, 0.2) is 107 Å². The zero-order chi connectivity index (χ0) is 28.1. The Morgan fingerprint density at radius 3 is 2.42 bits per heavy atom. The van der Waals surface area contributed by atoms with Crippen LogP contribution in [0.25, 0.3) is 6.08 Å². The predicted octanol–water partition coefficient (Wildman–Crippen LogP) is 7.73. The first kappa shape index (κ1) is 27.5. The summed E-state index contributed by atoms with van der Waals surface area (Å²) in [5.74, 6) is -0.102. The van der Waals surface area contributed by atoms with Gasteiger partial charge in [0.25, 0.3) is 11.8 Å². The molecular formula is C35H34N2O2S. The van der Waals surface area contributed by atoms with Gasteiger partial charge in [-0.3, -0.25) is 9.59 Å². The van der Waals surface area contributed by atoms with Crippen molar-refractivity contribution in [3.05, 3.63) is 135 Å². The lowest BCUT2D eigenvalue weighted by Gasteiger charge is -2.31. The molecule has 2 amide bonds.